The van der Waals surface area contributed by atoms with Crippen LogP contribution in [0.15, 0.2) is 113 Å². The fourth-order valence-electron chi connectivity index (χ4n) is 3.97. The molecule has 10 heteroatoms. The van der Waals surface area contributed by atoms with E-state index in [4.69, 9.17) is 0 Å². The first-order chi connectivity index (χ1) is 19.0. The molecule has 4 aromatic rings. The van der Waals surface area contributed by atoms with E-state index in [1.807, 2.05) is 19.9 Å². The molecule has 1 amide bonds. The van der Waals surface area contributed by atoms with Crippen LogP contribution in [0.1, 0.15) is 27.0 Å². The molecule has 0 spiro atoms. The lowest BCUT2D eigenvalue weighted by atomic mass is 10.1. The van der Waals surface area contributed by atoms with Crippen LogP contribution in [-0.4, -0.2) is 35.3 Å². The maximum absolute atomic E-state index is 13.2. The molecule has 0 radical (unpaired) electrons. The normalized spacial score (nSPS) is 12.6. The van der Waals surface area contributed by atoms with Crippen LogP contribution in [0.5, 0.6) is 0 Å². The van der Waals surface area contributed by atoms with Gasteiger partial charge in [0.05, 0.1) is 9.79 Å². The van der Waals surface area contributed by atoms with Gasteiger partial charge in [0, 0.05) is 23.8 Å². The van der Waals surface area contributed by atoms with Crippen LogP contribution in [0.25, 0.3) is 0 Å². The lowest BCUT2D eigenvalue weighted by Crippen LogP contribution is -2.44. The topological polar surface area (TPSA) is 121 Å². The molecule has 0 aromatic heterocycles. The van der Waals surface area contributed by atoms with Crippen molar-refractivity contribution < 1.29 is 21.6 Å². The molecule has 0 heterocycles. The molecule has 0 fully saturated rings. The van der Waals surface area contributed by atoms with E-state index in [0.29, 0.717) is 11.3 Å². The zero-order chi connectivity index (χ0) is 28.8. The molecule has 208 valence electrons. The van der Waals surface area contributed by atoms with E-state index in [2.05, 4.69) is 14.8 Å². The van der Waals surface area contributed by atoms with Gasteiger partial charge in [-0.3, -0.25) is 4.79 Å². The SMILES string of the molecule is Cc1ccc(S(=O)(=O)NCC(Cc2ccc(NC(=O)c3ccccc3)cc2)NS(=O)(=O)c2ccc(C)cc2)cc1. The monoisotopic (exact) mass is 577 g/mol. The Morgan fingerprint density at radius 2 is 1.20 bits per heavy atom. The third-order valence-electron chi connectivity index (χ3n) is 6.23. The molecule has 0 aliphatic rings. The minimum absolute atomic E-state index is 0.0865. The summed E-state index contributed by atoms with van der Waals surface area (Å²) in [5.41, 5.74) is 3.70. The van der Waals surface area contributed by atoms with Crippen LogP contribution in [-0.2, 0) is 26.5 Å². The molecule has 0 aliphatic heterocycles. The predicted molar refractivity (Wildman–Crippen MR) is 156 cm³/mol. The fourth-order valence-corrected chi connectivity index (χ4v) is 6.29. The summed E-state index contributed by atoms with van der Waals surface area (Å²) < 4.78 is 57.3. The first-order valence-electron chi connectivity index (χ1n) is 12.6. The Labute approximate surface area is 235 Å². The largest absolute Gasteiger partial charge is 0.322 e. The van der Waals surface area contributed by atoms with Crippen molar-refractivity contribution in [2.24, 2.45) is 0 Å². The van der Waals surface area contributed by atoms with Gasteiger partial charge in [-0.25, -0.2) is 26.3 Å². The Bertz CT molecular complexity index is 1650. The van der Waals surface area contributed by atoms with E-state index in [9.17, 15) is 21.6 Å². The smallest absolute Gasteiger partial charge is 0.255 e. The van der Waals surface area contributed by atoms with E-state index in [1.165, 1.54) is 24.3 Å². The maximum Gasteiger partial charge on any atom is 0.255 e. The fraction of sp³-hybridized carbons (Fsp3) is 0.167. The van der Waals surface area contributed by atoms with Crippen LogP contribution in [0, 0.1) is 13.8 Å². The second kappa shape index (κ2) is 12.6. The Balaban J connectivity index is 1.51. The van der Waals surface area contributed by atoms with Crippen molar-refractivity contribution in [1.29, 1.82) is 0 Å². The first-order valence-corrected chi connectivity index (χ1v) is 15.6. The van der Waals surface area contributed by atoms with Gasteiger partial charge in [0.25, 0.3) is 5.91 Å². The third kappa shape index (κ3) is 7.86. The van der Waals surface area contributed by atoms with Crippen molar-refractivity contribution >= 4 is 31.6 Å². The van der Waals surface area contributed by atoms with Crippen LogP contribution < -0.4 is 14.8 Å². The predicted octanol–water partition coefficient (Wildman–Crippen LogP) is 4.42. The zero-order valence-electron chi connectivity index (χ0n) is 22.2. The Morgan fingerprint density at radius 3 is 1.75 bits per heavy atom. The summed E-state index contributed by atoms with van der Waals surface area (Å²) in [6.45, 7) is 3.55. The minimum Gasteiger partial charge on any atom is -0.322 e. The quantitative estimate of drug-likeness (QED) is 0.244. The standard InChI is InChI=1S/C30H31N3O5S2/c1-22-8-16-28(17-9-22)39(35,36)31-21-27(33-40(37,38)29-18-10-23(2)11-19-29)20-24-12-14-26(15-13-24)32-30(34)25-6-4-3-5-7-25/h3-19,27,31,33H,20-21H2,1-2H3,(H,32,34). The van der Waals surface area contributed by atoms with Gasteiger partial charge in [0.1, 0.15) is 0 Å². The van der Waals surface area contributed by atoms with Crippen molar-refractivity contribution in [1.82, 2.24) is 9.44 Å². The van der Waals surface area contributed by atoms with Gasteiger partial charge < -0.3 is 5.32 Å². The average Bonchev–Trinajstić information content (AvgIpc) is 2.93. The number of benzene rings is 4. The first kappa shape index (κ1) is 29.2. The number of carbonyl (C=O) groups is 1. The minimum atomic E-state index is -3.93. The molecular formula is C30H31N3O5S2. The number of carbonyl (C=O) groups excluding carboxylic acids is 1. The molecule has 1 atom stereocenters. The molecular weight excluding hydrogens is 546 g/mol. The highest BCUT2D eigenvalue weighted by atomic mass is 32.2. The number of nitrogens with one attached hydrogen (secondary N) is 3. The van der Waals surface area contributed by atoms with Crippen molar-refractivity contribution in [2.45, 2.75) is 36.1 Å². The summed E-state index contributed by atoms with van der Waals surface area (Å²) in [5.74, 6) is -0.248. The molecule has 1 unspecified atom stereocenters. The Hall–Kier alpha value is -3.83. The van der Waals surface area contributed by atoms with Crippen LogP contribution in [0.4, 0.5) is 5.69 Å². The van der Waals surface area contributed by atoms with E-state index in [-0.39, 0.29) is 28.7 Å². The van der Waals surface area contributed by atoms with Gasteiger partial charge in [-0.05, 0) is 74.4 Å². The lowest BCUT2D eigenvalue weighted by Gasteiger charge is -2.20. The second-order valence-corrected chi connectivity index (χ2v) is 13.0. The average molecular weight is 578 g/mol. The van der Waals surface area contributed by atoms with E-state index in [0.717, 1.165) is 16.7 Å². The van der Waals surface area contributed by atoms with Crippen molar-refractivity contribution in [3.63, 3.8) is 0 Å². The van der Waals surface area contributed by atoms with E-state index >= 15 is 0 Å². The van der Waals surface area contributed by atoms with Crippen molar-refractivity contribution in [2.75, 3.05) is 11.9 Å². The molecule has 0 aliphatic carbocycles. The number of hydrogen-bond acceptors (Lipinski definition) is 5. The number of aryl methyl sites for hydroxylation is 2. The van der Waals surface area contributed by atoms with Gasteiger partial charge in [-0.2, -0.15) is 0 Å². The van der Waals surface area contributed by atoms with Crippen molar-refractivity contribution in [3.8, 4) is 0 Å². The van der Waals surface area contributed by atoms with Gasteiger partial charge in [0.2, 0.25) is 20.0 Å². The second-order valence-electron chi connectivity index (χ2n) is 9.52. The van der Waals surface area contributed by atoms with Gasteiger partial charge in [-0.15, -0.1) is 0 Å². The van der Waals surface area contributed by atoms with E-state index < -0.39 is 26.1 Å². The van der Waals surface area contributed by atoms with Gasteiger partial charge in [0.15, 0.2) is 0 Å². The molecule has 8 nitrogen and oxygen atoms in total. The molecule has 0 saturated heterocycles. The highest BCUT2D eigenvalue weighted by Gasteiger charge is 2.23. The van der Waals surface area contributed by atoms with E-state index in [1.54, 1.807) is 72.8 Å². The Kier molecular flexibility index (Phi) is 9.16. The molecule has 4 rings (SSSR count). The lowest BCUT2D eigenvalue weighted by molar-refractivity contribution is 0.102. The zero-order valence-corrected chi connectivity index (χ0v) is 23.8. The number of anilines is 1. The molecule has 0 saturated carbocycles. The van der Waals surface area contributed by atoms with Gasteiger partial charge in [-0.1, -0.05) is 65.7 Å². The number of sulfonamides is 2. The summed E-state index contributed by atoms with van der Waals surface area (Å²) in [5, 5.41) is 2.83. The molecule has 40 heavy (non-hydrogen) atoms. The highest BCUT2D eigenvalue weighted by Crippen LogP contribution is 2.16. The number of amides is 1. The number of hydrogen-bond donors (Lipinski definition) is 3. The third-order valence-corrected chi connectivity index (χ3v) is 9.21. The Morgan fingerprint density at radius 1 is 0.675 bits per heavy atom. The van der Waals surface area contributed by atoms with Gasteiger partial charge >= 0.3 is 0 Å². The highest BCUT2D eigenvalue weighted by molar-refractivity contribution is 7.90. The summed E-state index contributed by atoms with van der Waals surface area (Å²) in [6.07, 6.45) is 0.203. The molecule has 4 aromatic carbocycles. The van der Waals surface area contributed by atoms with Crippen molar-refractivity contribution in [3.05, 3.63) is 125 Å². The summed E-state index contributed by atoms with van der Waals surface area (Å²) >= 11 is 0. The maximum atomic E-state index is 13.2. The summed E-state index contributed by atoms with van der Waals surface area (Å²) in [7, 11) is -7.80. The molecule has 3 N–H and O–H groups in total. The molecule has 0 bridgehead atoms. The van der Waals surface area contributed by atoms with Crippen LogP contribution in [0.3, 0.4) is 0 Å². The van der Waals surface area contributed by atoms with Crippen LogP contribution >= 0.6 is 0 Å². The summed E-state index contributed by atoms with van der Waals surface area (Å²) in [6, 6.07) is 27.8. The number of rotatable bonds is 11. The van der Waals surface area contributed by atoms with Crippen LogP contribution in [0.2, 0.25) is 0 Å². The summed E-state index contributed by atoms with van der Waals surface area (Å²) in [4.78, 5) is 12.6.